The van der Waals surface area contributed by atoms with Gasteiger partial charge in [-0.1, -0.05) is 50.3 Å². The number of unbranched alkanes of at least 4 members (excludes halogenated alkanes) is 3. The van der Waals surface area contributed by atoms with E-state index in [1.807, 2.05) is 0 Å². The molecule has 0 fully saturated rings. The fourth-order valence-corrected chi connectivity index (χ4v) is 2.07. The van der Waals surface area contributed by atoms with Gasteiger partial charge >= 0.3 is 0 Å². The van der Waals surface area contributed by atoms with E-state index in [-0.39, 0.29) is 5.78 Å². The van der Waals surface area contributed by atoms with Crippen molar-refractivity contribution in [2.24, 2.45) is 0 Å². The van der Waals surface area contributed by atoms with Gasteiger partial charge in [-0.25, -0.2) is 0 Å². The Morgan fingerprint density at radius 1 is 0.905 bits per heavy atom. The zero-order valence-electron chi connectivity index (χ0n) is 14.1. The van der Waals surface area contributed by atoms with Gasteiger partial charge in [0.25, 0.3) is 0 Å². The van der Waals surface area contributed by atoms with Gasteiger partial charge in [0.1, 0.15) is 13.1 Å². The second-order valence-corrected chi connectivity index (χ2v) is 5.74. The highest BCUT2D eigenvalue weighted by Crippen LogP contribution is 2.19. The second-order valence-electron chi connectivity index (χ2n) is 5.74. The average molecular weight is 291 g/mol. The van der Waals surface area contributed by atoms with Gasteiger partial charge in [-0.15, -0.1) is 0 Å². The smallest absolute Gasteiger partial charge is 0.130 e. The number of Topliss-reactive ketones (excluding diaryl/α,β-unsaturated/α-hetero) is 1. The molecule has 0 aliphatic carbocycles. The van der Waals surface area contributed by atoms with Crippen LogP contribution in [0.5, 0.6) is 0 Å². The predicted molar refractivity (Wildman–Crippen MR) is 93.1 cm³/mol. The minimum atomic E-state index is 0.223. The Kier molecular flexibility index (Phi) is 13.6. The molecule has 3 heteroatoms. The Hall–Kier alpha value is -0.825. The number of allylic oxidation sites excluding steroid dienone is 2. The van der Waals surface area contributed by atoms with Crippen LogP contribution in [0, 0.1) is 0 Å². The van der Waals surface area contributed by atoms with E-state index in [9.17, 15) is 4.79 Å². The summed E-state index contributed by atoms with van der Waals surface area (Å²) >= 11 is 0. The van der Waals surface area contributed by atoms with Crippen molar-refractivity contribution >= 4 is 13.1 Å². The summed E-state index contributed by atoms with van der Waals surface area (Å²) in [5.74, 6) is 0.223. The molecule has 0 saturated carbocycles. The van der Waals surface area contributed by atoms with Gasteiger partial charge in [0.15, 0.2) is 0 Å². The van der Waals surface area contributed by atoms with Crippen LogP contribution in [-0.4, -0.2) is 26.3 Å². The lowest BCUT2D eigenvalue weighted by atomic mass is 9.77. The summed E-state index contributed by atoms with van der Waals surface area (Å²) in [6, 6.07) is 0. The SMILES string of the molecule is C=C(CCCCCCOCCC[B]C)C(=C)CCC(C)=O. The lowest BCUT2D eigenvalue weighted by Gasteiger charge is -2.08. The van der Waals surface area contributed by atoms with Crippen LogP contribution in [0.2, 0.25) is 13.1 Å². The second kappa shape index (κ2) is 14.1. The van der Waals surface area contributed by atoms with Crippen LogP contribution in [0.15, 0.2) is 24.3 Å². The number of rotatable bonds is 15. The van der Waals surface area contributed by atoms with Crippen molar-refractivity contribution in [1.82, 2.24) is 0 Å². The Labute approximate surface area is 132 Å². The number of hydrogen-bond donors (Lipinski definition) is 0. The van der Waals surface area contributed by atoms with Crippen LogP contribution in [0.3, 0.4) is 0 Å². The lowest BCUT2D eigenvalue weighted by molar-refractivity contribution is -0.116. The van der Waals surface area contributed by atoms with Gasteiger partial charge in [0.2, 0.25) is 0 Å². The third-order valence-electron chi connectivity index (χ3n) is 3.58. The Bertz CT molecular complexity index is 310. The van der Waals surface area contributed by atoms with Crippen LogP contribution < -0.4 is 0 Å². The Balaban J connectivity index is 3.36. The fourth-order valence-electron chi connectivity index (χ4n) is 2.07. The van der Waals surface area contributed by atoms with Gasteiger partial charge < -0.3 is 9.53 Å². The molecule has 0 aromatic heterocycles. The molecule has 0 N–H and O–H groups in total. The Morgan fingerprint density at radius 2 is 1.52 bits per heavy atom. The zero-order chi connectivity index (χ0) is 15.9. The van der Waals surface area contributed by atoms with Crippen molar-refractivity contribution in [3.05, 3.63) is 24.3 Å². The molecule has 0 bridgehead atoms. The molecule has 0 atom stereocenters. The van der Waals surface area contributed by atoms with Gasteiger partial charge in [0, 0.05) is 19.6 Å². The van der Waals surface area contributed by atoms with Crippen molar-refractivity contribution < 1.29 is 9.53 Å². The molecule has 0 unspecified atom stereocenters. The molecular formula is C18H32BO2. The highest BCUT2D eigenvalue weighted by molar-refractivity contribution is 6.33. The molecule has 0 aliphatic heterocycles. The third kappa shape index (κ3) is 13.9. The van der Waals surface area contributed by atoms with Crippen LogP contribution in [-0.2, 0) is 9.53 Å². The maximum absolute atomic E-state index is 10.9. The molecule has 2 nitrogen and oxygen atoms in total. The van der Waals surface area contributed by atoms with E-state index in [0.717, 1.165) is 62.8 Å². The number of ether oxygens (including phenoxy) is 1. The molecule has 0 aromatic carbocycles. The van der Waals surface area contributed by atoms with E-state index in [4.69, 9.17) is 4.74 Å². The highest BCUT2D eigenvalue weighted by atomic mass is 16.5. The quantitative estimate of drug-likeness (QED) is 0.241. The first kappa shape index (κ1) is 20.2. The molecular weight excluding hydrogens is 259 g/mol. The maximum Gasteiger partial charge on any atom is 0.130 e. The maximum atomic E-state index is 10.9. The summed E-state index contributed by atoms with van der Waals surface area (Å²) < 4.78 is 5.57. The van der Waals surface area contributed by atoms with Crippen molar-refractivity contribution in [1.29, 1.82) is 0 Å². The summed E-state index contributed by atoms with van der Waals surface area (Å²) in [6.45, 7) is 13.6. The predicted octanol–water partition coefficient (Wildman–Crippen LogP) is 5.00. The average Bonchev–Trinajstić information content (AvgIpc) is 2.46. The minimum absolute atomic E-state index is 0.223. The van der Waals surface area contributed by atoms with Gasteiger partial charge in [-0.05, 0) is 39.0 Å². The normalized spacial score (nSPS) is 10.4. The molecule has 0 heterocycles. The number of ketones is 1. The van der Waals surface area contributed by atoms with Gasteiger partial charge in [-0.2, -0.15) is 0 Å². The first-order valence-corrected chi connectivity index (χ1v) is 8.28. The zero-order valence-corrected chi connectivity index (χ0v) is 14.1. The molecule has 0 aliphatic rings. The number of hydrogen-bond acceptors (Lipinski definition) is 2. The van der Waals surface area contributed by atoms with Crippen molar-refractivity contribution in [3.63, 3.8) is 0 Å². The lowest BCUT2D eigenvalue weighted by Crippen LogP contribution is -1.98. The highest BCUT2D eigenvalue weighted by Gasteiger charge is 2.02. The summed E-state index contributed by atoms with van der Waals surface area (Å²) in [7, 11) is 2.18. The number of carbonyl (C=O) groups excluding carboxylic acids is 1. The summed E-state index contributed by atoms with van der Waals surface area (Å²) in [4.78, 5) is 10.9. The summed E-state index contributed by atoms with van der Waals surface area (Å²) in [6.07, 6.45) is 9.37. The summed E-state index contributed by atoms with van der Waals surface area (Å²) in [5.41, 5.74) is 2.16. The molecule has 119 valence electrons. The van der Waals surface area contributed by atoms with Crippen LogP contribution >= 0.6 is 0 Å². The monoisotopic (exact) mass is 291 g/mol. The molecule has 0 spiro atoms. The third-order valence-corrected chi connectivity index (χ3v) is 3.58. The van der Waals surface area contributed by atoms with E-state index in [1.165, 1.54) is 12.8 Å². The van der Waals surface area contributed by atoms with E-state index in [0.29, 0.717) is 6.42 Å². The molecule has 0 saturated heterocycles. The van der Waals surface area contributed by atoms with E-state index >= 15 is 0 Å². The Morgan fingerprint density at radius 3 is 2.19 bits per heavy atom. The van der Waals surface area contributed by atoms with E-state index < -0.39 is 0 Å². The van der Waals surface area contributed by atoms with Crippen molar-refractivity contribution in [2.45, 2.75) is 71.4 Å². The molecule has 0 rings (SSSR count). The molecule has 0 aromatic rings. The standard InChI is InChI=1S/C18H32BO2/c1-16(17(2)11-12-18(3)20)10-7-5-6-8-14-21-15-9-13-19-4/h1-2,5-15H2,3-4H3. The molecule has 1 radical (unpaired) electrons. The van der Waals surface area contributed by atoms with Crippen LogP contribution in [0.1, 0.15) is 58.3 Å². The first-order valence-electron chi connectivity index (χ1n) is 8.28. The topological polar surface area (TPSA) is 26.3 Å². The first-order chi connectivity index (χ1) is 10.1. The molecule has 21 heavy (non-hydrogen) atoms. The van der Waals surface area contributed by atoms with E-state index in [1.54, 1.807) is 6.92 Å². The minimum Gasteiger partial charge on any atom is -0.381 e. The van der Waals surface area contributed by atoms with Crippen molar-refractivity contribution in [3.8, 4) is 0 Å². The van der Waals surface area contributed by atoms with Crippen molar-refractivity contribution in [2.75, 3.05) is 13.2 Å². The van der Waals surface area contributed by atoms with Gasteiger partial charge in [-0.3, -0.25) is 0 Å². The summed E-state index contributed by atoms with van der Waals surface area (Å²) in [5, 5.41) is 0. The molecule has 0 amide bonds. The van der Waals surface area contributed by atoms with Crippen LogP contribution in [0.4, 0.5) is 0 Å². The van der Waals surface area contributed by atoms with E-state index in [2.05, 4.69) is 27.3 Å². The fraction of sp³-hybridized carbons (Fsp3) is 0.722. The van der Waals surface area contributed by atoms with Crippen LogP contribution in [0.25, 0.3) is 0 Å². The largest absolute Gasteiger partial charge is 0.381 e. The number of carbonyl (C=O) groups is 1. The van der Waals surface area contributed by atoms with Gasteiger partial charge in [0.05, 0.1) is 0 Å².